The molecule has 1 aliphatic rings. The van der Waals surface area contributed by atoms with E-state index in [1.54, 1.807) is 0 Å². The molecular formula is C15H20N4. The molecule has 1 saturated heterocycles. The van der Waals surface area contributed by atoms with Gasteiger partial charge in [0.2, 0.25) is 5.95 Å². The Morgan fingerprint density at radius 3 is 3.00 bits per heavy atom. The molecule has 1 fully saturated rings. The van der Waals surface area contributed by atoms with Crippen molar-refractivity contribution in [3.8, 4) is 0 Å². The molecule has 4 nitrogen and oxygen atoms in total. The lowest BCUT2D eigenvalue weighted by Gasteiger charge is -2.35. The molecule has 0 spiro atoms. The van der Waals surface area contributed by atoms with Gasteiger partial charge in [0.05, 0.1) is 5.52 Å². The predicted octanol–water partition coefficient (Wildman–Crippen LogP) is 2.06. The number of rotatable bonds is 2. The summed E-state index contributed by atoms with van der Waals surface area (Å²) in [6.07, 6.45) is 1.92. The zero-order valence-electron chi connectivity index (χ0n) is 11.5. The molecule has 19 heavy (non-hydrogen) atoms. The third kappa shape index (κ3) is 2.54. The highest BCUT2D eigenvalue weighted by atomic mass is 15.3. The van der Waals surface area contributed by atoms with Crippen LogP contribution >= 0.6 is 0 Å². The normalized spacial score (nSPS) is 20.2. The number of anilines is 1. The molecule has 1 atom stereocenters. The lowest BCUT2D eigenvalue weighted by atomic mass is 10.0. The lowest BCUT2D eigenvalue weighted by Crippen LogP contribution is -2.53. The minimum atomic E-state index is 0.517. The first kappa shape index (κ1) is 12.4. The van der Waals surface area contributed by atoms with E-state index in [9.17, 15) is 0 Å². The van der Waals surface area contributed by atoms with Crippen LogP contribution in [-0.4, -0.2) is 35.6 Å². The fraction of sp³-hybridized carbons (Fsp3) is 0.467. The van der Waals surface area contributed by atoms with Gasteiger partial charge in [-0.3, -0.25) is 0 Å². The summed E-state index contributed by atoms with van der Waals surface area (Å²) < 4.78 is 0. The van der Waals surface area contributed by atoms with Crippen LogP contribution in [0.15, 0.2) is 30.5 Å². The SMILES string of the molecule is CC(C)[C@@H]1CN(c2ncc3ccccc3n2)CCN1. The van der Waals surface area contributed by atoms with Gasteiger partial charge in [0.25, 0.3) is 0 Å². The van der Waals surface area contributed by atoms with Gasteiger partial charge in [-0.05, 0) is 12.0 Å². The molecule has 0 bridgehead atoms. The van der Waals surface area contributed by atoms with Crippen molar-refractivity contribution in [2.24, 2.45) is 5.92 Å². The molecule has 0 radical (unpaired) electrons. The minimum absolute atomic E-state index is 0.517. The van der Waals surface area contributed by atoms with Crippen LogP contribution in [0.2, 0.25) is 0 Å². The second-order valence-corrected chi connectivity index (χ2v) is 5.48. The quantitative estimate of drug-likeness (QED) is 0.893. The van der Waals surface area contributed by atoms with E-state index < -0.39 is 0 Å². The Labute approximate surface area is 113 Å². The first-order valence-electron chi connectivity index (χ1n) is 6.94. The number of hydrogen-bond donors (Lipinski definition) is 1. The second kappa shape index (κ2) is 5.13. The van der Waals surface area contributed by atoms with E-state index in [1.165, 1.54) is 0 Å². The van der Waals surface area contributed by atoms with Gasteiger partial charge in [0.15, 0.2) is 0 Å². The standard InChI is InChI=1S/C15H20N4/c1-11(2)14-10-19(8-7-16-14)15-17-9-12-5-3-4-6-13(12)18-15/h3-6,9,11,14,16H,7-8,10H2,1-2H3/t14-/m0/s1. The number of para-hydroxylation sites is 1. The van der Waals surface area contributed by atoms with E-state index >= 15 is 0 Å². The summed E-state index contributed by atoms with van der Waals surface area (Å²) in [5.41, 5.74) is 1.02. The molecule has 1 aliphatic heterocycles. The van der Waals surface area contributed by atoms with E-state index in [1.807, 2.05) is 30.5 Å². The smallest absolute Gasteiger partial charge is 0.225 e. The van der Waals surface area contributed by atoms with Crippen molar-refractivity contribution in [2.45, 2.75) is 19.9 Å². The number of fused-ring (bicyclic) bond motifs is 1. The molecule has 2 aromatic rings. The van der Waals surface area contributed by atoms with Gasteiger partial charge < -0.3 is 10.2 Å². The van der Waals surface area contributed by atoms with Gasteiger partial charge in [-0.15, -0.1) is 0 Å². The fourth-order valence-electron chi connectivity index (χ4n) is 2.52. The van der Waals surface area contributed by atoms with E-state index in [0.29, 0.717) is 12.0 Å². The number of nitrogens with zero attached hydrogens (tertiary/aromatic N) is 3. The van der Waals surface area contributed by atoms with E-state index in [-0.39, 0.29) is 0 Å². The summed E-state index contributed by atoms with van der Waals surface area (Å²) in [6, 6.07) is 8.65. The lowest BCUT2D eigenvalue weighted by molar-refractivity contribution is 0.366. The van der Waals surface area contributed by atoms with Crippen LogP contribution in [0.3, 0.4) is 0 Å². The minimum Gasteiger partial charge on any atom is -0.338 e. The predicted molar refractivity (Wildman–Crippen MR) is 78.4 cm³/mol. The van der Waals surface area contributed by atoms with Crippen molar-refractivity contribution in [1.82, 2.24) is 15.3 Å². The summed E-state index contributed by atoms with van der Waals surface area (Å²) in [7, 11) is 0. The largest absolute Gasteiger partial charge is 0.338 e. The summed E-state index contributed by atoms with van der Waals surface area (Å²) in [4.78, 5) is 11.5. The van der Waals surface area contributed by atoms with Crippen molar-refractivity contribution in [3.05, 3.63) is 30.5 Å². The Bertz CT molecular complexity index is 567. The van der Waals surface area contributed by atoms with Crippen LogP contribution in [-0.2, 0) is 0 Å². The van der Waals surface area contributed by atoms with Crippen LogP contribution < -0.4 is 10.2 Å². The van der Waals surface area contributed by atoms with Crippen LogP contribution in [0.1, 0.15) is 13.8 Å². The maximum atomic E-state index is 4.68. The average molecular weight is 256 g/mol. The number of benzene rings is 1. The molecule has 2 heterocycles. The van der Waals surface area contributed by atoms with Crippen molar-refractivity contribution < 1.29 is 0 Å². The zero-order valence-corrected chi connectivity index (χ0v) is 11.5. The van der Waals surface area contributed by atoms with Gasteiger partial charge in [-0.1, -0.05) is 32.0 Å². The molecule has 100 valence electrons. The third-order valence-corrected chi connectivity index (χ3v) is 3.77. The highest BCUT2D eigenvalue weighted by molar-refractivity contribution is 5.78. The zero-order chi connectivity index (χ0) is 13.2. The van der Waals surface area contributed by atoms with Crippen LogP contribution in [0.25, 0.3) is 10.9 Å². The highest BCUT2D eigenvalue weighted by Crippen LogP contribution is 2.17. The third-order valence-electron chi connectivity index (χ3n) is 3.77. The van der Waals surface area contributed by atoms with Crippen LogP contribution in [0.5, 0.6) is 0 Å². The first-order valence-corrected chi connectivity index (χ1v) is 6.94. The Hall–Kier alpha value is -1.68. The maximum Gasteiger partial charge on any atom is 0.225 e. The highest BCUT2D eigenvalue weighted by Gasteiger charge is 2.23. The van der Waals surface area contributed by atoms with Crippen LogP contribution in [0.4, 0.5) is 5.95 Å². The summed E-state index contributed by atoms with van der Waals surface area (Å²) in [5.74, 6) is 1.48. The monoisotopic (exact) mass is 256 g/mol. The maximum absolute atomic E-state index is 4.68. The molecule has 0 unspecified atom stereocenters. The molecule has 1 aromatic heterocycles. The Balaban J connectivity index is 1.87. The van der Waals surface area contributed by atoms with E-state index in [0.717, 1.165) is 36.5 Å². The number of nitrogens with one attached hydrogen (secondary N) is 1. The van der Waals surface area contributed by atoms with Gasteiger partial charge in [-0.25, -0.2) is 9.97 Å². The van der Waals surface area contributed by atoms with Gasteiger partial charge >= 0.3 is 0 Å². The fourth-order valence-corrected chi connectivity index (χ4v) is 2.52. The van der Waals surface area contributed by atoms with Crippen molar-refractivity contribution in [2.75, 3.05) is 24.5 Å². The number of piperazine rings is 1. The first-order chi connectivity index (χ1) is 9.24. The summed E-state index contributed by atoms with van der Waals surface area (Å²) in [6.45, 7) is 7.46. The second-order valence-electron chi connectivity index (χ2n) is 5.48. The van der Waals surface area contributed by atoms with E-state index in [2.05, 4.69) is 34.0 Å². The van der Waals surface area contributed by atoms with Gasteiger partial charge in [-0.2, -0.15) is 0 Å². The van der Waals surface area contributed by atoms with Crippen molar-refractivity contribution in [3.63, 3.8) is 0 Å². The summed E-state index contributed by atoms with van der Waals surface area (Å²) in [5, 5.41) is 4.66. The number of hydrogen-bond acceptors (Lipinski definition) is 4. The van der Waals surface area contributed by atoms with Gasteiger partial charge in [0, 0.05) is 37.3 Å². The molecule has 3 rings (SSSR count). The molecule has 0 amide bonds. The van der Waals surface area contributed by atoms with Crippen molar-refractivity contribution in [1.29, 1.82) is 0 Å². The molecule has 4 heteroatoms. The Morgan fingerprint density at radius 2 is 2.16 bits per heavy atom. The Kier molecular flexibility index (Phi) is 3.34. The molecular weight excluding hydrogens is 236 g/mol. The van der Waals surface area contributed by atoms with Crippen LogP contribution in [0, 0.1) is 5.92 Å². The Morgan fingerprint density at radius 1 is 1.32 bits per heavy atom. The topological polar surface area (TPSA) is 41.1 Å². The summed E-state index contributed by atoms with van der Waals surface area (Å²) >= 11 is 0. The average Bonchev–Trinajstić information content (AvgIpc) is 2.47. The molecule has 1 N–H and O–H groups in total. The van der Waals surface area contributed by atoms with Crippen molar-refractivity contribution >= 4 is 16.9 Å². The van der Waals surface area contributed by atoms with Gasteiger partial charge in [0.1, 0.15) is 0 Å². The molecule has 1 aromatic carbocycles. The number of aromatic nitrogens is 2. The molecule has 0 saturated carbocycles. The van der Waals surface area contributed by atoms with E-state index in [4.69, 9.17) is 0 Å². The molecule has 0 aliphatic carbocycles.